The zero-order valence-corrected chi connectivity index (χ0v) is 14.8. The van der Waals surface area contributed by atoms with Crippen molar-refractivity contribution in [3.05, 3.63) is 64.7 Å². The standard InChI is InChI=1S/C20H22ClNO2/c1-3-4-13-24-19-8-6-5-7-16(19)9-12-20(23)22-18-11-10-17(21)14-15(18)2/h5-12,14H,3-4,13H2,1-2H3,(H,22,23). The first-order valence-electron chi connectivity index (χ1n) is 8.07. The summed E-state index contributed by atoms with van der Waals surface area (Å²) in [4.78, 5) is 12.1. The number of anilines is 1. The molecule has 0 aliphatic carbocycles. The van der Waals surface area contributed by atoms with Gasteiger partial charge in [0, 0.05) is 22.3 Å². The van der Waals surface area contributed by atoms with Crippen molar-refractivity contribution >= 4 is 29.3 Å². The molecular formula is C20H22ClNO2. The highest BCUT2D eigenvalue weighted by molar-refractivity contribution is 6.30. The molecule has 0 atom stereocenters. The molecule has 2 aromatic rings. The molecular weight excluding hydrogens is 322 g/mol. The van der Waals surface area contributed by atoms with Gasteiger partial charge >= 0.3 is 0 Å². The molecule has 0 aliphatic heterocycles. The fourth-order valence-electron chi connectivity index (χ4n) is 2.18. The maximum Gasteiger partial charge on any atom is 0.248 e. The summed E-state index contributed by atoms with van der Waals surface area (Å²) in [6, 6.07) is 13.1. The predicted octanol–water partition coefficient (Wildman–Crippen LogP) is 5.48. The van der Waals surface area contributed by atoms with Gasteiger partial charge in [0.25, 0.3) is 0 Å². The lowest BCUT2D eigenvalue weighted by molar-refractivity contribution is -0.111. The molecule has 126 valence electrons. The van der Waals surface area contributed by atoms with Gasteiger partial charge in [-0.3, -0.25) is 4.79 Å². The first-order chi connectivity index (χ1) is 11.6. The monoisotopic (exact) mass is 343 g/mol. The summed E-state index contributed by atoms with van der Waals surface area (Å²) in [5.74, 6) is 0.599. The van der Waals surface area contributed by atoms with Crippen LogP contribution in [0, 0.1) is 6.92 Å². The van der Waals surface area contributed by atoms with Crippen LogP contribution in [0.1, 0.15) is 30.9 Å². The van der Waals surface area contributed by atoms with Gasteiger partial charge in [-0.1, -0.05) is 43.1 Å². The van der Waals surface area contributed by atoms with Gasteiger partial charge in [0.05, 0.1) is 6.61 Å². The van der Waals surface area contributed by atoms with Crippen molar-refractivity contribution in [2.24, 2.45) is 0 Å². The van der Waals surface area contributed by atoms with Crippen LogP contribution >= 0.6 is 11.6 Å². The Morgan fingerprint density at radius 2 is 2.04 bits per heavy atom. The highest BCUT2D eigenvalue weighted by Crippen LogP contribution is 2.21. The summed E-state index contributed by atoms with van der Waals surface area (Å²) in [6.45, 7) is 4.71. The smallest absolute Gasteiger partial charge is 0.248 e. The highest BCUT2D eigenvalue weighted by Gasteiger charge is 2.04. The van der Waals surface area contributed by atoms with Gasteiger partial charge in [-0.25, -0.2) is 0 Å². The molecule has 0 spiro atoms. The van der Waals surface area contributed by atoms with E-state index in [4.69, 9.17) is 16.3 Å². The van der Waals surface area contributed by atoms with Crippen molar-refractivity contribution in [1.82, 2.24) is 0 Å². The molecule has 0 fully saturated rings. The minimum absolute atomic E-state index is 0.191. The Bertz CT molecular complexity index is 725. The number of hydrogen-bond donors (Lipinski definition) is 1. The molecule has 0 bridgehead atoms. The lowest BCUT2D eigenvalue weighted by Crippen LogP contribution is -2.08. The maximum absolute atomic E-state index is 12.1. The molecule has 24 heavy (non-hydrogen) atoms. The molecule has 2 aromatic carbocycles. The first kappa shape index (κ1) is 18.1. The minimum atomic E-state index is -0.191. The van der Waals surface area contributed by atoms with Crippen molar-refractivity contribution in [1.29, 1.82) is 0 Å². The first-order valence-corrected chi connectivity index (χ1v) is 8.45. The summed E-state index contributed by atoms with van der Waals surface area (Å²) < 4.78 is 5.76. The molecule has 0 saturated heterocycles. The molecule has 0 saturated carbocycles. The third-order valence-corrected chi connectivity index (χ3v) is 3.77. The average molecular weight is 344 g/mol. The normalized spacial score (nSPS) is 10.8. The van der Waals surface area contributed by atoms with E-state index in [1.807, 2.05) is 37.3 Å². The lowest BCUT2D eigenvalue weighted by atomic mass is 10.1. The van der Waals surface area contributed by atoms with Gasteiger partial charge in [-0.2, -0.15) is 0 Å². The predicted molar refractivity (Wildman–Crippen MR) is 101 cm³/mol. The summed E-state index contributed by atoms with van der Waals surface area (Å²) >= 11 is 5.92. The van der Waals surface area contributed by atoms with Crippen LogP contribution in [0.5, 0.6) is 5.75 Å². The third-order valence-electron chi connectivity index (χ3n) is 3.54. The number of halogens is 1. The Hall–Kier alpha value is -2.26. The number of ether oxygens (including phenoxy) is 1. The third kappa shape index (κ3) is 5.43. The molecule has 2 rings (SSSR count). The van der Waals surface area contributed by atoms with Gasteiger partial charge in [-0.05, 0) is 49.2 Å². The Morgan fingerprint density at radius 3 is 2.79 bits per heavy atom. The summed E-state index contributed by atoms with van der Waals surface area (Å²) in [5.41, 5.74) is 2.56. The second-order valence-electron chi connectivity index (χ2n) is 5.52. The zero-order chi connectivity index (χ0) is 17.4. The summed E-state index contributed by atoms with van der Waals surface area (Å²) in [6.07, 6.45) is 5.37. The van der Waals surface area contributed by atoms with Crippen LogP contribution in [0.4, 0.5) is 5.69 Å². The fraction of sp³-hybridized carbons (Fsp3) is 0.250. The Labute approximate surface area is 148 Å². The number of para-hydroxylation sites is 1. The Morgan fingerprint density at radius 1 is 1.25 bits per heavy atom. The van der Waals surface area contributed by atoms with Gasteiger partial charge in [-0.15, -0.1) is 0 Å². The second kappa shape index (κ2) is 9.14. The Kier molecular flexibility index (Phi) is 6.89. The highest BCUT2D eigenvalue weighted by atomic mass is 35.5. The molecule has 0 unspecified atom stereocenters. The molecule has 0 heterocycles. The van der Waals surface area contributed by atoms with Crippen LogP contribution in [-0.2, 0) is 4.79 Å². The fourth-order valence-corrected chi connectivity index (χ4v) is 2.41. The van der Waals surface area contributed by atoms with Gasteiger partial charge < -0.3 is 10.1 Å². The van der Waals surface area contributed by atoms with Crippen molar-refractivity contribution in [2.45, 2.75) is 26.7 Å². The number of unbranched alkanes of at least 4 members (excludes halogenated alkanes) is 1. The molecule has 4 heteroatoms. The van der Waals surface area contributed by atoms with Crippen molar-refractivity contribution < 1.29 is 9.53 Å². The van der Waals surface area contributed by atoms with Crippen LogP contribution in [0.2, 0.25) is 5.02 Å². The van der Waals surface area contributed by atoms with Crippen LogP contribution in [0.15, 0.2) is 48.5 Å². The number of benzene rings is 2. The van der Waals surface area contributed by atoms with E-state index in [0.717, 1.165) is 35.4 Å². The lowest BCUT2D eigenvalue weighted by Gasteiger charge is -2.09. The van der Waals surface area contributed by atoms with E-state index in [9.17, 15) is 4.79 Å². The van der Waals surface area contributed by atoms with Crippen molar-refractivity contribution in [2.75, 3.05) is 11.9 Å². The van der Waals surface area contributed by atoms with E-state index >= 15 is 0 Å². The SMILES string of the molecule is CCCCOc1ccccc1C=CC(=O)Nc1ccc(Cl)cc1C. The second-order valence-corrected chi connectivity index (χ2v) is 5.96. The van der Waals surface area contributed by atoms with Gasteiger partial charge in [0.15, 0.2) is 0 Å². The van der Waals surface area contributed by atoms with E-state index in [2.05, 4.69) is 12.2 Å². The number of aryl methyl sites for hydroxylation is 1. The van der Waals surface area contributed by atoms with Gasteiger partial charge in [0.1, 0.15) is 5.75 Å². The van der Waals surface area contributed by atoms with E-state index in [1.165, 1.54) is 6.08 Å². The van der Waals surface area contributed by atoms with E-state index < -0.39 is 0 Å². The molecule has 0 aliphatic rings. The number of rotatable bonds is 7. The topological polar surface area (TPSA) is 38.3 Å². The van der Waals surface area contributed by atoms with Crippen molar-refractivity contribution in [3.8, 4) is 5.75 Å². The molecule has 0 aromatic heterocycles. The zero-order valence-electron chi connectivity index (χ0n) is 14.0. The van der Waals surface area contributed by atoms with E-state index in [-0.39, 0.29) is 5.91 Å². The van der Waals surface area contributed by atoms with E-state index in [0.29, 0.717) is 11.6 Å². The number of carbonyl (C=O) groups is 1. The Balaban J connectivity index is 2.03. The van der Waals surface area contributed by atoms with Gasteiger partial charge in [0.2, 0.25) is 5.91 Å². The number of hydrogen-bond acceptors (Lipinski definition) is 2. The number of carbonyl (C=O) groups excluding carboxylic acids is 1. The average Bonchev–Trinajstić information content (AvgIpc) is 2.57. The van der Waals surface area contributed by atoms with E-state index in [1.54, 1.807) is 18.2 Å². The van der Waals surface area contributed by atoms with Crippen LogP contribution in [-0.4, -0.2) is 12.5 Å². The summed E-state index contributed by atoms with van der Waals surface area (Å²) in [7, 11) is 0. The number of amides is 1. The largest absolute Gasteiger partial charge is 0.493 e. The molecule has 1 amide bonds. The molecule has 0 radical (unpaired) electrons. The quantitative estimate of drug-likeness (QED) is 0.534. The van der Waals surface area contributed by atoms with Crippen molar-refractivity contribution in [3.63, 3.8) is 0 Å². The van der Waals surface area contributed by atoms with Crippen LogP contribution < -0.4 is 10.1 Å². The van der Waals surface area contributed by atoms with Crippen LogP contribution in [0.3, 0.4) is 0 Å². The number of nitrogens with one attached hydrogen (secondary N) is 1. The maximum atomic E-state index is 12.1. The minimum Gasteiger partial charge on any atom is -0.493 e. The molecule has 1 N–H and O–H groups in total. The summed E-state index contributed by atoms with van der Waals surface area (Å²) in [5, 5.41) is 3.51. The molecule has 3 nitrogen and oxygen atoms in total. The van der Waals surface area contributed by atoms with Crippen LogP contribution in [0.25, 0.3) is 6.08 Å².